The predicted molar refractivity (Wildman–Crippen MR) is 86.2 cm³/mol. The maximum atomic E-state index is 12.0. The van der Waals surface area contributed by atoms with Gasteiger partial charge in [0.1, 0.15) is 0 Å². The summed E-state index contributed by atoms with van der Waals surface area (Å²) in [5.74, 6) is -0.252. The van der Waals surface area contributed by atoms with Gasteiger partial charge in [-0.1, -0.05) is 51.3 Å². The van der Waals surface area contributed by atoms with Crippen LogP contribution in [0.1, 0.15) is 15.9 Å². The summed E-state index contributed by atoms with van der Waals surface area (Å²) in [6.07, 6.45) is 0. The Labute approximate surface area is 135 Å². The molecule has 0 spiro atoms. The van der Waals surface area contributed by atoms with E-state index in [1.165, 1.54) is 12.1 Å². The molecule has 0 aliphatic rings. The zero-order valence-corrected chi connectivity index (χ0v) is 13.4. The molecule has 0 aliphatic heterocycles. The van der Waals surface area contributed by atoms with Gasteiger partial charge in [-0.25, -0.2) is 0 Å². The molecule has 0 atom stereocenters. The van der Waals surface area contributed by atoms with E-state index in [1.807, 2.05) is 24.3 Å². The van der Waals surface area contributed by atoms with E-state index in [0.717, 1.165) is 10.0 Å². The number of hydrogen-bond donors (Lipinski definition) is 2. The maximum Gasteiger partial charge on any atom is 0.251 e. The van der Waals surface area contributed by atoms with E-state index < -0.39 is 0 Å². The number of carbonyl (C=O) groups excluding carboxylic acids is 1. The SMILES string of the molecule is Nc1cc(C(=O)NCc2ccc(Br)cc2)cc(Cl)c1Cl. The number of anilines is 1. The molecule has 0 unspecified atom stereocenters. The number of amides is 1. The Kier molecular flexibility index (Phi) is 4.91. The van der Waals surface area contributed by atoms with Crippen molar-refractivity contribution in [3.8, 4) is 0 Å². The predicted octanol–water partition coefficient (Wildman–Crippen LogP) is 4.27. The van der Waals surface area contributed by atoms with E-state index in [9.17, 15) is 4.79 Å². The summed E-state index contributed by atoms with van der Waals surface area (Å²) in [6, 6.07) is 10.7. The highest BCUT2D eigenvalue weighted by Crippen LogP contribution is 2.29. The lowest BCUT2D eigenvalue weighted by atomic mass is 10.1. The van der Waals surface area contributed by atoms with Crippen molar-refractivity contribution in [1.29, 1.82) is 0 Å². The zero-order chi connectivity index (χ0) is 14.7. The monoisotopic (exact) mass is 372 g/mol. The smallest absolute Gasteiger partial charge is 0.251 e. The van der Waals surface area contributed by atoms with Crippen LogP contribution in [0.2, 0.25) is 10.0 Å². The lowest BCUT2D eigenvalue weighted by Gasteiger charge is -2.08. The summed E-state index contributed by atoms with van der Waals surface area (Å²) < 4.78 is 0.991. The molecule has 0 saturated carbocycles. The third kappa shape index (κ3) is 3.66. The van der Waals surface area contributed by atoms with Crippen molar-refractivity contribution in [2.24, 2.45) is 0 Å². The lowest BCUT2D eigenvalue weighted by Crippen LogP contribution is -2.22. The third-order valence-corrected chi connectivity index (χ3v) is 4.03. The molecule has 0 fully saturated rings. The molecule has 2 rings (SSSR count). The molecule has 104 valence electrons. The van der Waals surface area contributed by atoms with Gasteiger partial charge in [0.25, 0.3) is 5.91 Å². The highest BCUT2D eigenvalue weighted by Gasteiger charge is 2.11. The zero-order valence-electron chi connectivity index (χ0n) is 10.3. The molecule has 3 N–H and O–H groups in total. The van der Waals surface area contributed by atoms with Gasteiger partial charge < -0.3 is 11.1 Å². The Hall–Kier alpha value is -1.23. The Morgan fingerprint density at radius 2 is 1.85 bits per heavy atom. The number of carbonyl (C=O) groups is 1. The van der Waals surface area contributed by atoms with Crippen LogP contribution in [0.25, 0.3) is 0 Å². The number of hydrogen-bond acceptors (Lipinski definition) is 2. The third-order valence-electron chi connectivity index (χ3n) is 2.68. The highest BCUT2D eigenvalue weighted by atomic mass is 79.9. The molecule has 6 heteroatoms. The minimum Gasteiger partial charge on any atom is -0.397 e. The van der Waals surface area contributed by atoms with Crippen molar-refractivity contribution in [3.05, 3.63) is 62.0 Å². The van der Waals surface area contributed by atoms with Crippen LogP contribution in [0.15, 0.2) is 40.9 Å². The van der Waals surface area contributed by atoms with E-state index in [1.54, 1.807) is 0 Å². The first-order valence-corrected chi connectivity index (χ1v) is 7.29. The van der Waals surface area contributed by atoms with Crippen molar-refractivity contribution in [1.82, 2.24) is 5.32 Å². The van der Waals surface area contributed by atoms with Crippen LogP contribution in [0, 0.1) is 0 Å². The summed E-state index contributed by atoms with van der Waals surface area (Å²) in [5, 5.41) is 3.32. The molecule has 0 radical (unpaired) electrons. The largest absolute Gasteiger partial charge is 0.397 e. The number of benzene rings is 2. The molecule has 0 heterocycles. The van der Waals surface area contributed by atoms with Crippen LogP contribution in [-0.4, -0.2) is 5.91 Å². The average Bonchev–Trinajstić information content (AvgIpc) is 2.43. The van der Waals surface area contributed by atoms with Crippen LogP contribution < -0.4 is 11.1 Å². The normalized spacial score (nSPS) is 10.3. The van der Waals surface area contributed by atoms with Crippen LogP contribution in [0.5, 0.6) is 0 Å². The summed E-state index contributed by atoms with van der Waals surface area (Å²) in [5.41, 5.74) is 7.35. The molecule has 1 amide bonds. The minimum absolute atomic E-state index is 0.252. The Balaban J connectivity index is 2.07. The second kappa shape index (κ2) is 6.48. The van der Waals surface area contributed by atoms with Crippen molar-refractivity contribution in [3.63, 3.8) is 0 Å². The molecule has 0 bridgehead atoms. The summed E-state index contributed by atoms with van der Waals surface area (Å²) in [6.45, 7) is 0.423. The molecule has 20 heavy (non-hydrogen) atoms. The first-order valence-electron chi connectivity index (χ1n) is 5.74. The molecule has 0 aromatic heterocycles. The van der Waals surface area contributed by atoms with E-state index in [4.69, 9.17) is 28.9 Å². The number of nitrogens with two attached hydrogens (primary N) is 1. The minimum atomic E-state index is -0.252. The lowest BCUT2D eigenvalue weighted by molar-refractivity contribution is 0.0951. The maximum absolute atomic E-state index is 12.0. The topological polar surface area (TPSA) is 55.1 Å². The fourth-order valence-corrected chi connectivity index (χ4v) is 2.23. The van der Waals surface area contributed by atoms with Gasteiger partial charge >= 0.3 is 0 Å². The van der Waals surface area contributed by atoms with Gasteiger partial charge in [0, 0.05) is 16.6 Å². The van der Waals surface area contributed by atoms with Crippen molar-refractivity contribution >= 4 is 50.7 Å². The second-order valence-electron chi connectivity index (χ2n) is 4.17. The van der Waals surface area contributed by atoms with E-state index >= 15 is 0 Å². The van der Waals surface area contributed by atoms with Gasteiger partial charge in [-0.2, -0.15) is 0 Å². The molecule has 2 aromatic rings. The molecular formula is C14H11BrCl2N2O. The van der Waals surface area contributed by atoms with Gasteiger partial charge in [-0.05, 0) is 29.8 Å². The van der Waals surface area contributed by atoms with Gasteiger partial charge in [0.05, 0.1) is 15.7 Å². The van der Waals surface area contributed by atoms with Crippen molar-refractivity contribution in [2.75, 3.05) is 5.73 Å². The summed E-state index contributed by atoms with van der Waals surface area (Å²) in [7, 11) is 0. The van der Waals surface area contributed by atoms with E-state index in [-0.39, 0.29) is 21.6 Å². The van der Waals surface area contributed by atoms with Crippen LogP contribution in [-0.2, 0) is 6.54 Å². The molecule has 2 aromatic carbocycles. The number of nitrogen functional groups attached to an aromatic ring is 1. The average molecular weight is 374 g/mol. The molecule has 3 nitrogen and oxygen atoms in total. The van der Waals surface area contributed by atoms with E-state index in [0.29, 0.717) is 12.1 Å². The van der Waals surface area contributed by atoms with Crippen molar-refractivity contribution < 1.29 is 4.79 Å². The Morgan fingerprint density at radius 3 is 2.45 bits per heavy atom. The Morgan fingerprint density at radius 1 is 1.20 bits per heavy atom. The second-order valence-corrected chi connectivity index (χ2v) is 5.87. The molecule has 0 saturated heterocycles. The fourth-order valence-electron chi connectivity index (χ4n) is 1.63. The van der Waals surface area contributed by atoms with E-state index in [2.05, 4.69) is 21.2 Å². The molecular weight excluding hydrogens is 363 g/mol. The van der Waals surface area contributed by atoms with Crippen LogP contribution in [0.3, 0.4) is 0 Å². The van der Waals surface area contributed by atoms with Gasteiger partial charge in [0.15, 0.2) is 0 Å². The number of nitrogens with one attached hydrogen (secondary N) is 1. The first kappa shape index (κ1) is 15.2. The van der Waals surface area contributed by atoms with Gasteiger partial charge in [-0.3, -0.25) is 4.79 Å². The van der Waals surface area contributed by atoms with Crippen LogP contribution in [0.4, 0.5) is 5.69 Å². The molecule has 0 aliphatic carbocycles. The standard InChI is InChI=1S/C14H11BrCl2N2O/c15-10-3-1-8(2-4-10)7-19-14(20)9-5-11(16)13(17)12(18)6-9/h1-6H,7,18H2,(H,19,20). The summed E-state index contributed by atoms with van der Waals surface area (Å²) in [4.78, 5) is 12.0. The number of halogens is 3. The van der Waals surface area contributed by atoms with Crippen LogP contribution >= 0.6 is 39.1 Å². The fraction of sp³-hybridized carbons (Fsp3) is 0.0714. The first-order chi connectivity index (χ1) is 9.47. The van der Waals surface area contributed by atoms with Gasteiger partial charge in [-0.15, -0.1) is 0 Å². The van der Waals surface area contributed by atoms with Gasteiger partial charge in [0.2, 0.25) is 0 Å². The summed E-state index contributed by atoms with van der Waals surface area (Å²) >= 11 is 15.1. The number of rotatable bonds is 3. The Bertz CT molecular complexity index is 621. The quantitative estimate of drug-likeness (QED) is 0.789. The highest BCUT2D eigenvalue weighted by molar-refractivity contribution is 9.10. The van der Waals surface area contributed by atoms with Crippen molar-refractivity contribution in [2.45, 2.75) is 6.54 Å².